The molecule has 0 aliphatic carbocycles. The summed E-state index contributed by atoms with van der Waals surface area (Å²) in [5.74, 6) is 0.681. The maximum absolute atomic E-state index is 12.1. The minimum absolute atomic E-state index is 0.00666. The zero-order valence-electron chi connectivity index (χ0n) is 14.0. The van der Waals surface area contributed by atoms with Crippen molar-refractivity contribution in [3.63, 3.8) is 0 Å². The first-order chi connectivity index (χ1) is 9.77. The molecule has 4 nitrogen and oxygen atoms in total. The molecule has 0 saturated carbocycles. The molecule has 0 heterocycles. The summed E-state index contributed by atoms with van der Waals surface area (Å²) >= 11 is 0. The number of carbonyl (C=O) groups is 1. The van der Waals surface area contributed by atoms with Gasteiger partial charge in [0.2, 0.25) is 5.91 Å². The van der Waals surface area contributed by atoms with Crippen LogP contribution < -0.4 is 15.4 Å². The monoisotopic (exact) mass is 292 g/mol. The number of benzene rings is 1. The Bertz CT molecular complexity index is 478. The molecular formula is C17H28N2O2. The lowest BCUT2D eigenvalue weighted by Crippen LogP contribution is -2.30. The molecule has 1 atom stereocenters. The van der Waals surface area contributed by atoms with Crippen molar-refractivity contribution in [3.05, 3.63) is 23.8 Å². The number of amides is 1. The molecule has 0 spiro atoms. The molecule has 0 radical (unpaired) electrons. The molecule has 0 aromatic heterocycles. The van der Waals surface area contributed by atoms with Gasteiger partial charge in [0.15, 0.2) is 0 Å². The molecule has 0 aliphatic rings. The molecule has 0 aliphatic heterocycles. The Morgan fingerprint density at radius 3 is 2.52 bits per heavy atom. The molecule has 0 bridgehead atoms. The lowest BCUT2D eigenvalue weighted by atomic mass is 9.87. The van der Waals surface area contributed by atoms with Crippen molar-refractivity contribution >= 4 is 11.6 Å². The zero-order valence-corrected chi connectivity index (χ0v) is 14.0. The number of hydrogen-bond acceptors (Lipinski definition) is 3. The summed E-state index contributed by atoms with van der Waals surface area (Å²) < 4.78 is 5.34. The predicted octanol–water partition coefficient (Wildman–Crippen LogP) is 3.32. The number of ether oxygens (including phenoxy) is 1. The van der Waals surface area contributed by atoms with Crippen LogP contribution in [-0.4, -0.2) is 25.6 Å². The third-order valence-electron chi connectivity index (χ3n) is 3.38. The maximum atomic E-state index is 12.1. The summed E-state index contributed by atoms with van der Waals surface area (Å²) in [6.07, 6.45) is 0.441. The highest BCUT2D eigenvalue weighted by Crippen LogP contribution is 2.31. The highest BCUT2D eigenvalue weighted by Gasteiger charge is 2.17. The fraction of sp³-hybridized carbons (Fsp3) is 0.588. The van der Waals surface area contributed by atoms with Gasteiger partial charge in [-0.25, -0.2) is 0 Å². The van der Waals surface area contributed by atoms with Crippen LogP contribution in [0, 0.1) is 0 Å². The van der Waals surface area contributed by atoms with Crippen molar-refractivity contribution in [2.45, 2.75) is 52.5 Å². The van der Waals surface area contributed by atoms with Crippen LogP contribution >= 0.6 is 0 Å². The van der Waals surface area contributed by atoms with Gasteiger partial charge >= 0.3 is 0 Å². The fourth-order valence-electron chi connectivity index (χ4n) is 2.17. The molecule has 1 aromatic carbocycles. The number of carbonyl (C=O) groups excluding carboxylic acids is 1. The van der Waals surface area contributed by atoms with Crippen LogP contribution in [0.5, 0.6) is 5.75 Å². The molecule has 1 aromatic rings. The Balaban J connectivity index is 2.87. The van der Waals surface area contributed by atoms with E-state index >= 15 is 0 Å². The van der Waals surface area contributed by atoms with Crippen molar-refractivity contribution in [3.8, 4) is 5.75 Å². The predicted molar refractivity (Wildman–Crippen MR) is 88.1 cm³/mol. The molecule has 0 fully saturated rings. The Morgan fingerprint density at radius 1 is 1.33 bits per heavy atom. The second kappa shape index (κ2) is 7.46. The Hall–Kier alpha value is -1.55. The maximum Gasteiger partial charge on any atom is 0.226 e. The Labute approximate surface area is 128 Å². The third-order valence-corrected chi connectivity index (χ3v) is 3.38. The van der Waals surface area contributed by atoms with Gasteiger partial charge in [0.1, 0.15) is 5.75 Å². The average molecular weight is 292 g/mol. The standard InChI is InChI=1S/C17H28N2O2/c1-7-18-12(2)10-16(20)19-14-11-13(17(3,4)5)8-9-15(14)21-6/h8-9,11-12,18H,7,10H2,1-6H3,(H,19,20). The van der Waals surface area contributed by atoms with Crippen molar-refractivity contribution in [2.24, 2.45) is 0 Å². The molecule has 4 heteroatoms. The molecule has 1 unspecified atom stereocenters. The second-order valence-electron chi connectivity index (χ2n) is 6.38. The van der Waals surface area contributed by atoms with Crippen LogP contribution in [0.25, 0.3) is 0 Å². The summed E-state index contributed by atoms with van der Waals surface area (Å²) in [7, 11) is 1.61. The van der Waals surface area contributed by atoms with Crippen LogP contribution in [-0.2, 0) is 10.2 Å². The van der Waals surface area contributed by atoms with Gasteiger partial charge in [-0.15, -0.1) is 0 Å². The molecule has 1 rings (SSSR count). The molecular weight excluding hydrogens is 264 g/mol. The van der Waals surface area contributed by atoms with E-state index in [0.717, 1.165) is 12.2 Å². The topological polar surface area (TPSA) is 50.4 Å². The van der Waals surface area contributed by atoms with E-state index in [4.69, 9.17) is 4.74 Å². The fourth-order valence-corrected chi connectivity index (χ4v) is 2.17. The van der Waals surface area contributed by atoms with Gasteiger partial charge in [0, 0.05) is 12.5 Å². The number of methoxy groups -OCH3 is 1. The van der Waals surface area contributed by atoms with Crippen LogP contribution in [0.3, 0.4) is 0 Å². The zero-order chi connectivity index (χ0) is 16.0. The van der Waals surface area contributed by atoms with Crippen LogP contribution in [0.1, 0.15) is 46.6 Å². The summed E-state index contributed by atoms with van der Waals surface area (Å²) in [6, 6.07) is 6.10. The molecule has 21 heavy (non-hydrogen) atoms. The molecule has 0 saturated heterocycles. The first kappa shape index (κ1) is 17.5. The smallest absolute Gasteiger partial charge is 0.226 e. The number of anilines is 1. The van der Waals surface area contributed by atoms with Crippen molar-refractivity contribution in [2.75, 3.05) is 19.0 Å². The second-order valence-corrected chi connectivity index (χ2v) is 6.38. The molecule has 118 valence electrons. The van der Waals surface area contributed by atoms with E-state index in [-0.39, 0.29) is 17.4 Å². The summed E-state index contributed by atoms with van der Waals surface area (Å²) in [5.41, 5.74) is 1.93. The van der Waals surface area contributed by atoms with Gasteiger partial charge in [-0.05, 0) is 36.6 Å². The van der Waals surface area contributed by atoms with Gasteiger partial charge in [-0.3, -0.25) is 4.79 Å². The average Bonchev–Trinajstić information content (AvgIpc) is 2.37. The van der Waals surface area contributed by atoms with Gasteiger partial charge in [0.25, 0.3) is 0 Å². The highest BCUT2D eigenvalue weighted by atomic mass is 16.5. The first-order valence-corrected chi connectivity index (χ1v) is 7.49. The summed E-state index contributed by atoms with van der Waals surface area (Å²) in [4.78, 5) is 12.1. The summed E-state index contributed by atoms with van der Waals surface area (Å²) in [6.45, 7) is 11.3. The lowest BCUT2D eigenvalue weighted by molar-refractivity contribution is -0.116. The van der Waals surface area contributed by atoms with E-state index in [0.29, 0.717) is 12.2 Å². The van der Waals surface area contributed by atoms with E-state index in [2.05, 4.69) is 31.4 Å². The largest absolute Gasteiger partial charge is 0.495 e. The van der Waals surface area contributed by atoms with E-state index < -0.39 is 0 Å². The quantitative estimate of drug-likeness (QED) is 0.845. The number of rotatable bonds is 6. The normalized spacial score (nSPS) is 12.9. The van der Waals surface area contributed by atoms with Crippen molar-refractivity contribution in [1.29, 1.82) is 0 Å². The van der Waals surface area contributed by atoms with Crippen molar-refractivity contribution < 1.29 is 9.53 Å². The third kappa shape index (κ3) is 5.38. The number of hydrogen-bond donors (Lipinski definition) is 2. The van der Waals surface area contributed by atoms with Crippen LogP contribution in [0.4, 0.5) is 5.69 Å². The van der Waals surface area contributed by atoms with Gasteiger partial charge in [-0.2, -0.15) is 0 Å². The first-order valence-electron chi connectivity index (χ1n) is 7.49. The SMILES string of the molecule is CCNC(C)CC(=O)Nc1cc(C(C)(C)C)ccc1OC. The molecule has 2 N–H and O–H groups in total. The molecule has 1 amide bonds. The summed E-state index contributed by atoms with van der Waals surface area (Å²) in [5, 5.41) is 6.19. The van der Waals surface area contributed by atoms with Crippen LogP contribution in [0.2, 0.25) is 0 Å². The minimum atomic E-state index is -0.00666. The van der Waals surface area contributed by atoms with E-state index in [1.54, 1.807) is 7.11 Å². The highest BCUT2D eigenvalue weighted by molar-refractivity contribution is 5.92. The lowest BCUT2D eigenvalue weighted by Gasteiger charge is -2.21. The van der Waals surface area contributed by atoms with Gasteiger partial charge in [0.05, 0.1) is 12.8 Å². The minimum Gasteiger partial charge on any atom is -0.495 e. The Morgan fingerprint density at radius 2 is 2.00 bits per heavy atom. The van der Waals surface area contributed by atoms with Crippen LogP contribution in [0.15, 0.2) is 18.2 Å². The van der Waals surface area contributed by atoms with E-state index in [1.807, 2.05) is 32.0 Å². The van der Waals surface area contributed by atoms with Gasteiger partial charge in [-0.1, -0.05) is 33.8 Å². The van der Waals surface area contributed by atoms with E-state index in [9.17, 15) is 4.79 Å². The van der Waals surface area contributed by atoms with Crippen molar-refractivity contribution in [1.82, 2.24) is 5.32 Å². The van der Waals surface area contributed by atoms with Gasteiger partial charge < -0.3 is 15.4 Å². The number of nitrogens with one attached hydrogen (secondary N) is 2. The van der Waals surface area contributed by atoms with E-state index in [1.165, 1.54) is 5.56 Å². The Kier molecular flexibility index (Phi) is 6.21.